The number of hydrogen-bond acceptors (Lipinski definition) is 3. The largest absolute Gasteiger partial charge is 0.481 e. The number of unbranched alkanes of at least 4 members (excludes halogenated alkanes) is 9. The average Bonchev–Trinajstić information content (AvgIpc) is 2.93. The van der Waals surface area contributed by atoms with Gasteiger partial charge in [-0.3, -0.25) is 9.59 Å². The van der Waals surface area contributed by atoms with E-state index in [-0.39, 0.29) is 18.5 Å². The predicted molar refractivity (Wildman–Crippen MR) is 172 cm³/mol. The van der Waals surface area contributed by atoms with Crippen LogP contribution in [0.5, 0.6) is 0 Å². The third-order valence-corrected chi connectivity index (χ3v) is 6.75. The number of carbonyl (C=O) groups excluding carboxylic acids is 1. The van der Waals surface area contributed by atoms with Gasteiger partial charge in [0, 0.05) is 12.8 Å². The highest BCUT2D eigenvalue weighted by molar-refractivity contribution is 5.69. The van der Waals surface area contributed by atoms with Crippen molar-refractivity contribution in [1.29, 1.82) is 0 Å². The van der Waals surface area contributed by atoms with E-state index in [2.05, 4.69) is 74.6 Å². The lowest BCUT2D eigenvalue weighted by Gasteiger charge is -2.18. The van der Waals surface area contributed by atoms with Crippen molar-refractivity contribution in [2.75, 3.05) is 0 Å². The lowest BCUT2D eigenvalue weighted by Crippen LogP contribution is -2.18. The number of aliphatic carboxylic acids is 1. The molecule has 1 unspecified atom stereocenters. The van der Waals surface area contributed by atoms with Crippen molar-refractivity contribution in [3.8, 4) is 0 Å². The normalized spacial score (nSPS) is 13.1. The summed E-state index contributed by atoms with van der Waals surface area (Å²) in [7, 11) is 0. The van der Waals surface area contributed by atoms with E-state index in [0.29, 0.717) is 6.42 Å². The molecule has 0 rings (SSSR count). The first-order valence-corrected chi connectivity index (χ1v) is 16.3. The van der Waals surface area contributed by atoms with E-state index in [1.807, 2.05) is 0 Å². The van der Waals surface area contributed by atoms with Crippen LogP contribution in [-0.4, -0.2) is 23.1 Å². The third-order valence-electron chi connectivity index (χ3n) is 6.75. The number of ether oxygens (including phenoxy) is 1. The lowest BCUT2D eigenvalue weighted by atomic mass is 10.0. The molecule has 0 spiro atoms. The lowest BCUT2D eigenvalue weighted by molar-refractivity contribution is -0.150. The molecular weight excluding hydrogens is 496 g/mol. The minimum Gasteiger partial charge on any atom is -0.481 e. The predicted octanol–water partition coefficient (Wildman–Crippen LogP) is 11.0. The summed E-state index contributed by atoms with van der Waals surface area (Å²) in [6, 6.07) is 0. The number of carbonyl (C=O) groups is 2. The van der Waals surface area contributed by atoms with Crippen molar-refractivity contribution >= 4 is 11.9 Å². The van der Waals surface area contributed by atoms with E-state index >= 15 is 0 Å². The van der Waals surface area contributed by atoms with Gasteiger partial charge in [-0.15, -0.1) is 0 Å². The van der Waals surface area contributed by atoms with Crippen LogP contribution in [-0.2, 0) is 14.3 Å². The molecule has 4 nitrogen and oxygen atoms in total. The molecule has 0 saturated heterocycles. The molecule has 0 aromatic carbocycles. The smallest absolute Gasteiger partial charge is 0.306 e. The van der Waals surface area contributed by atoms with Gasteiger partial charge in [0.25, 0.3) is 0 Å². The fourth-order valence-corrected chi connectivity index (χ4v) is 4.38. The first kappa shape index (κ1) is 37.6. The van der Waals surface area contributed by atoms with E-state index in [0.717, 1.165) is 103 Å². The second kappa shape index (κ2) is 31.2. The maximum Gasteiger partial charge on any atom is 0.306 e. The van der Waals surface area contributed by atoms with Crippen LogP contribution in [0, 0.1) is 0 Å². The summed E-state index contributed by atoms with van der Waals surface area (Å²) in [5.41, 5.74) is 0. The van der Waals surface area contributed by atoms with Gasteiger partial charge in [0.15, 0.2) is 0 Å². The highest BCUT2D eigenvalue weighted by Crippen LogP contribution is 2.17. The highest BCUT2D eigenvalue weighted by Gasteiger charge is 2.14. The molecule has 4 heteroatoms. The van der Waals surface area contributed by atoms with Crippen LogP contribution in [0.15, 0.2) is 60.8 Å². The Hall–Kier alpha value is -2.36. The van der Waals surface area contributed by atoms with Crippen LogP contribution in [0.25, 0.3) is 0 Å². The van der Waals surface area contributed by atoms with Gasteiger partial charge < -0.3 is 9.84 Å². The number of carboxylic acid groups (broad SMARTS) is 1. The van der Waals surface area contributed by atoms with E-state index in [1.165, 1.54) is 19.3 Å². The van der Waals surface area contributed by atoms with E-state index in [4.69, 9.17) is 9.84 Å². The third kappa shape index (κ3) is 30.2. The summed E-state index contributed by atoms with van der Waals surface area (Å²) >= 11 is 0. The van der Waals surface area contributed by atoms with Crippen molar-refractivity contribution in [3.63, 3.8) is 0 Å². The highest BCUT2D eigenvalue weighted by atomic mass is 16.5. The molecule has 0 saturated carbocycles. The Morgan fingerprint density at radius 2 is 1.05 bits per heavy atom. The molecule has 0 heterocycles. The number of esters is 1. The van der Waals surface area contributed by atoms with E-state index in [9.17, 15) is 9.59 Å². The van der Waals surface area contributed by atoms with Gasteiger partial charge in [0.2, 0.25) is 0 Å². The van der Waals surface area contributed by atoms with Gasteiger partial charge in [-0.05, 0) is 83.5 Å². The monoisotopic (exact) mass is 556 g/mol. The van der Waals surface area contributed by atoms with Crippen LogP contribution in [0.4, 0.5) is 0 Å². The summed E-state index contributed by atoms with van der Waals surface area (Å²) in [6.07, 6.45) is 42.4. The minimum absolute atomic E-state index is 0.0186. The first-order valence-electron chi connectivity index (χ1n) is 16.3. The average molecular weight is 557 g/mol. The van der Waals surface area contributed by atoms with Gasteiger partial charge in [-0.2, -0.15) is 0 Å². The van der Waals surface area contributed by atoms with Crippen LogP contribution in [0.2, 0.25) is 0 Å². The van der Waals surface area contributed by atoms with Crippen LogP contribution in [0.1, 0.15) is 149 Å². The Balaban J connectivity index is 3.91. The first-order chi connectivity index (χ1) is 19.6. The Kier molecular flexibility index (Phi) is 29.3. The second-order valence-electron chi connectivity index (χ2n) is 10.6. The standard InChI is InChI=1S/C36H60O4/c1-3-5-7-9-10-11-12-13-14-15-16-17-18-19-20-21-22-23-29-33-36(39)40-34(30-26-8-6-4-2)31-27-24-25-28-32-35(37)38/h5,7,10-11,13-14,16-17,19-20,34H,3-4,6,8-9,12,15,18,21-33H2,1-2H3,(H,37,38)/b7-5-,11-10-,14-13-,17-16-,20-19-. The number of hydrogen-bond donors (Lipinski definition) is 1. The molecule has 1 atom stereocenters. The van der Waals surface area contributed by atoms with Gasteiger partial charge in [-0.25, -0.2) is 0 Å². The zero-order chi connectivity index (χ0) is 29.4. The zero-order valence-electron chi connectivity index (χ0n) is 25.9. The molecule has 0 aliphatic rings. The molecule has 0 fully saturated rings. The molecule has 228 valence electrons. The van der Waals surface area contributed by atoms with Gasteiger partial charge in [0.1, 0.15) is 6.10 Å². The summed E-state index contributed by atoms with van der Waals surface area (Å²) in [6.45, 7) is 4.36. The molecule has 0 aliphatic heterocycles. The van der Waals surface area contributed by atoms with Crippen molar-refractivity contribution < 1.29 is 19.4 Å². The topological polar surface area (TPSA) is 63.6 Å². The minimum atomic E-state index is -0.722. The Labute approximate surface area is 246 Å². The van der Waals surface area contributed by atoms with Crippen LogP contribution in [0.3, 0.4) is 0 Å². The summed E-state index contributed by atoms with van der Waals surface area (Å²) < 4.78 is 5.85. The summed E-state index contributed by atoms with van der Waals surface area (Å²) in [4.78, 5) is 23.1. The molecular formula is C36H60O4. The summed E-state index contributed by atoms with van der Waals surface area (Å²) in [5.74, 6) is -0.776. The molecule has 0 aromatic heterocycles. The van der Waals surface area contributed by atoms with Crippen molar-refractivity contribution in [2.45, 2.75) is 155 Å². The van der Waals surface area contributed by atoms with Crippen molar-refractivity contribution in [2.24, 2.45) is 0 Å². The molecule has 40 heavy (non-hydrogen) atoms. The number of rotatable bonds is 28. The van der Waals surface area contributed by atoms with Crippen LogP contribution < -0.4 is 0 Å². The maximum atomic E-state index is 12.4. The zero-order valence-corrected chi connectivity index (χ0v) is 25.9. The van der Waals surface area contributed by atoms with Gasteiger partial charge >= 0.3 is 11.9 Å². The molecule has 0 bridgehead atoms. The molecule has 0 aliphatic carbocycles. The summed E-state index contributed by atoms with van der Waals surface area (Å²) in [5, 5.41) is 8.75. The number of carboxylic acids is 1. The van der Waals surface area contributed by atoms with Gasteiger partial charge in [-0.1, -0.05) is 113 Å². The molecule has 0 radical (unpaired) electrons. The van der Waals surface area contributed by atoms with Crippen LogP contribution >= 0.6 is 0 Å². The molecule has 0 aromatic rings. The quantitative estimate of drug-likeness (QED) is 0.0591. The maximum absolute atomic E-state index is 12.4. The number of allylic oxidation sites excluding steroid dienone is 10. The molecule has 0 amide bonds. The molecule has 1 N–H and O–H groups in total. The SMILES string of the molecule is CC/C=C\C/C=C\C/C=C\C/C=C\C/C=C\CCCCCC(=O)OC(CCCCCC)CCCCCCC(=O)O. The fourth-order valence-electron chi connectivity index (χ4n) is 4.38. The fraction of sp³-hybridized carbons (Fsp3) is 0.667. The van der Waals surface area contributed by atoms with E-state index in [1.54, 1.807) is 0 Å². The van der Waals surface area contributed by atoms with Crippen molar-refractivity contribution in [1.82, 2.24) is 0 Å². The van der Waals surface area contributed by atoms with E-state index < -0.39 is 5.97 Å². The van der Waals surface area contributed by atoms with Crippen molar-refractivity contribution in [3.05, 3.63) is 60.8 Å². The second-order valence-corrected chi connectivity index (χ2v) is 10.6. The van der Waals surface area contributed by atoms with Gasteiger partial charge in [0.05, 0.1) is 0 Å². The Morgan fingerprint density at radius 1 is 0.575 bits per heavy atom. The Morgan fingerprint density at radius 3 is 1.60 bits per heavy atom. The Bertz CT molecular complexity index is 729.